The summed E-state index contributed by atoms with van der Waals surface area (Å²) < 4.78 is 22.3. The highest BCUT2D eigenvalue weighted by Crippen LogP contribution is 2.41. The lowest BCUT2D eigenvalue weighted by atomic mass is 9.89. The number of rotatable bonds is 5. The molecule has 1 aliphatic heterocycles. The summed E-state index contributed by atoms with van der Waals surface area (Å²) in [5.41, 5.74) is -0.0857. The number of hydrogen-bond acceptors (Lipinski definition) is 7. The van der Waals surface area contributed by atoms with E-state index in [2.05, 4.69) is 5.32 Å². The van der Waals surface area contributed by atoms with E-state index in [9.17, 15) is 14.9 Å². The monoisotopic (exact) mass is 394 g/mol. The van der Waals surface area contributed by atoms with Crippen LogP contribution in [0.2, 0.25) is 0 Å². The quantitative estimate of drug-likeness (QED) is 0.602. The third-order valence-electron chi connectivity index (χ3n) is 4.46. The molecule has 3 rings (SSSR count). The SMILES string of the molecule is CC1COc2cc(CO[C@@H]3CC[C@H]3NC(=O)OC(C)(C)C)cc([N+](=O)[O-])c2O1. The van der Waals surface area contributed by atoms with E-state index in [1.54, 1.807) is 33.8 Å². The van der Waals surface area contributed by atoms with Crippen molar-refractivity contribution < 1.29 is 28.7 Å². The van der Waals surface area contributed by atoms with Gasteiger partial charge in [0.2, 0.25) is 5.75 Å². The predicted octanol–water partition coefficient (Wildman–Crippen LogP) is 3.33. The Labute approximate surface area is 163 Å². The van der Waals surface area contributed by atoms with E-state index < -0.39 is 16.6 Å². The standard InChI is InChI=1S/C19H26N2O7/c1-11-9-25-16-8-12(7-14(21(23)24)17(16)27-11)10-26-15-6-5-13(15)20-18(22)28-19(2,3)4/h7-8,11,13,15H,5-6,9-10H2,1-4H3,(H,20,22)/t11?,13-,15-/m1/s1. The van der Waals surface area contributed by atoms with Gasteiger partial charge in [-0.2, -0.15) is 0 Å². The lowest BCUT2D eigenvalue weighted by Gasteiger charge is -2.37. The molecule has 0 saturated heterocycles. The van der Waals surface area contributed by atoms with E-state index >= 15 is 0 Å². The summed E-state index contributed by atoms with van der Waals surface area (Å²) in [6.07, 6.45) is 0.700. The molecule has 1 fully saturated rings. The maximum atomic E-state index is 11.9. The second kappa shape index (κ2) is 7.83. The highest BCUT2D eigenvalue weighted by Gasteiger charge is 2.35. The van der Waals surface area contributed by atoms with E-state index in [1.165, 1.54) is 6.07 Å². The van der Waals surface area contributed by atoms with Gasteiger partial charge in [-0.3, -0.25) is 10.1 Å². The van der Waals surface area contributed by atoms with Crippen molar-refractivity contribution in [3.63, 3.8) is 0 Å². The van der Waals surface area contributed by atoms with Gasteiger partial charge in [-0.25, -0.2) is 4.79 Å². The molecule has 0 radical (unpaired) electrons. The second-order valence-corrected chi connectivity index (χ2v) is 8.12. The third-order valence-corrected chi connectivity index (χ3v) is 4.46. The Morgan fingerprint density at radius 3 is 2.71 bits per heavy atom. The van der Waals surface area contributed by atoms with Crippen LogP contribution in [0.3, 0.4) is 0 Å². The molecule has 1 unspecified atom stereocenters. The first kappa shape index (κ1) is 20.2. The topological polar surface area (TPSA) is 109 Å². The fourth-order valence-corrected chi connectivity index (χ4v) is 3.03. The minimum absolute atomic E-state index is 0.136. The van der Waals surface area contributed by atoms with Gasteiger partial charge in [0.05, 0.1) is 23.7 Å². The lowest BCUT2D eigenvalue weighted by Crippen LogP contribution is -2.52. The smallest absolute Gasteiger partial charge is 0.407 e. The Morgan fingerprint density at radius 1 is 1.36 bits per heavy atom. The Kier molecular flexibility index (Phi) is 5.64. The van der Waals surface area contributed by atoms with Gasteiger partial charge >= 0.3 is 11.8 Å². The Bertz CT molecular complexity index is 759. The van der Waals surface area contributed by atoms with E-state index in [0.29, 0.717) is 17.9 Å². The summed E-state index contributed by atoms with van der Waals surface area (Å²) in [5.74, 6) is 0.503. The van der Waals surface area contributed by atoms with Crippen LogP contribution in [0.15, 0.2) is 12.1 Å². The second-order valence-electron chi connectivity index (χ2n) is 8.12. The Morgan fingerprint density at radius 2 is 2.11 bits per heavy atom. The molecule has 1 saturated carbocycles. The van der Waals surface area contributed by atoms with Crippen molar-refractivity contribution in [2.45, 2.75) is 71.0 Å². The molecular formula is C19H26N2O7. The average Bonchev–Trinajstić information content (AvgIpc) is 2.56. The molecule has 1 amide bonds. The highest BCUT2D eigenvalue weighted by molar-refractivity contribution is 5.68. The molecule has 1 heterocycles. The van der Waals surface area contributed by atoms with Gasteiger partial charge in [0.1, 0.15) is 18.3 Å². The maximum absolute atomic E-state index is 11.9. The fourth-order valence-electron chi connectivity index (χ4n) is 3.03. The number of hydrogen-bond donors (Lipinski definition) is 1. The Hall–Kier alpha value is -2.55. The normalized spacial score (nSPS) is 23.5. The van der Waals surface area contributed by atoms with Gasteiger partial charge in [0.15, 0.2) is 5.75 Å². The molecular weight excluding hydrogens is 368 g/mol. The molecule has 1 N–H and O–H groups in total. The minimum atomic E-state index is -0.564. The number of ether oxygens (including phenoxy) is 4. The zero-order valence-corrected chi connectivity index (χ0v) is 16.5. The van der Waals surface area contributed by atoms with Gasteiger partial charge in [-0.1, -0.05) is 0 Å². The first-order valence-corrected chi connectivity index (χ1v) is 9.34. The fraction of sp³-hybridized carbons (Fsp3) is 0.632. The number of nitro groups is 1. The molecule has 0 spiro atoms. The van der Waals surface area contributed by atoms with E-state index in [0.717, 1.165) is 12.8 Å². The number of nitrogens with one attached hydrogen (secondary N) is 1. The molecule has 28 heavy (non-hydrogen) atoms. The molecule has 9 heteroatoms. The Balaban J connectivity index is 1.61. The lowest BCUT2D eigenvalue weighted by molar-refractivity contribution is -0.386. The van der Waals surface area contributed by atoms with Gasteiger partial charge in [0, 0.05) is 6.07 Å². The molecule has 0 bridgehead atoms. The first-order chi connectivity index (χ1) is 13.1. The van der Waals surface area contributed by atoms with Crippen molar-refractivity contribution in [1.29, 1.82) is 0 Å². The first-order valence-electron chi connectivity index (χ1n) is 9.34. The van der Waals surface area contributed by atoms with E-state index in [-0.39, 0.29) is 36.3 Å². The predicted molar refractivity (Wildman–Crippen MR) is 99.7 cm³/mol. The van der Waals surface area contributed by atoms with Crippen LogP contribution in [0, 0.1) is 10.1 Å². The summed E-state index contributed by atoms with van der Waals surface area (Å²) in [5, 5.41) is 14.2. The number of fused-ring (bicyclic) bond motifs is 1. The van der Waals surface area contributed by atoms with Crippen LogP contribution in [0.4, 0.5) is 10.5 Å². The van der Waals surface area contributed by atoms with Gasteiger partial charge in [-0.15, -0.1) is 0 Å². The molecule has 1 aliphatic carbocycles. The minimum Gasteiger partial charge on any atom is -0.486 e. The zero-order valence-electron chi connectivity index (χ0n) is 16.5. The van der Waals surface area contributed by atoms with Crippen molar-refractivity contribution >= 4 is 11.8 Å². The van der Waals surface area contributed by atoms with Crippen molar-refractivity contribution in [1.82, 2.24) is 5.32 Å². The number of carbonyl (C=O) groups excluding carboxylic acids is 1. The number of benzene rings is 1. The molecule has 1 aromatic rings. The van der Waals surface area contributed by atoms with Crippen LogP contribution in [-0.4, -0.2) is 41.5 Å². The van der Waals surface area contributed by atoms with Crippen molar-refractivity contribution in [3.05, 3.63) is 27.8 Å². The van der Waals surface area contributed by atoms with Gasteiger partial charge in [-0.05, 0) is 52.2 Å². The summed E-state index contributed by atoms with van der Waals surface area (Å²) in [6.45, 7) is 7.70. The van der Waals surface area contributed by atoms with Gasteiger partial charge in [0.25, 0.3) is 0 Å². The number of nitrogens with zero attached hydrogens (tertiary/aromatic N) is 1. The molecule has 9 nitrogen and oxygen atoms in total. The van der Waals surface area contributed by atoms with Gasteiger partial charge < -0.3 is 24.3 Å². The maximum Gasteiger partial charge on any atom is 0.407 e. The van der Waals surface area contributed by atoms with Crippen molar-refractivity contribution in [2.75, 3.05) is 6.61 Å². The third kappa shape index (κ3) is 4.83. The van der Waals surface area contributed by atoms with Crippen LogP contribution in [0.1, 0.15) is 46.1 Å². The molecule has 3 atom stereocenters. The van der Waals surface area contributed by atoms with Crippen molar-refractivity contribution in [2.24, 2.45) is 0 Å². The number of amides is 1. The molecule has 154 valence electrons. The van der Waals surface area contributed by atoms with Crippen molar-refractivity contribution in [3.8, 4) is 11.5 Å². The van der Waals surface area contributed by atoms with Crippen LogP contribution in [0.25, 0.3) is 0 Å². The number of nitro benzene ring substituents is 1. The summed E-state index contributed by atoms with van der Waals surface area (Å²) in [4.78, 5) is 22.8. The summed E-state index contributed by atoms with van der Waals surface area (Å²) in [7, 11) is 0. The van der Waals surface area contributed by atoms with Crippen LogP contribution in [0.5, 0.6) is 11.5 Å². The average molecular weight is 394 g/mol. The molecule has 0 aromatic heterocycles. The van der Waals surface area contributed by atoms with Crippen LogP contribution in [-0.2, 0) is 16.1 Å². The number of carbonyl (C=O) groups is 1. The summed E-state index contributed by atoms with van der Waals surface area (Å²) in [6, 6.07) is 3.00. The zero-order chi connectivity index (χ0) is 20.5. The summed E-state index contributed by atoms with van der Waals surface area (Å²) >= 11 is 0. The number of alkyl carbamates (subject to hydrolysis) is 1. The van der Waals surface area contributed by atoms with Crippen LogP contribution < -0.4 is 14.8 Å². The van der Waals surface area contributed by atoms with E-state index in [4.69, 9.17) is 18.9 Å². The molecule has 2 aliphatic rings. The highest BCUT2D eigenvalue weighted by atomic mass is 16.6. The van der Waals surface area contributed by atoms with E-state index in [1.807, 2.05) is 0 Å². The largest absolute Gasteiger partial charge is 0.486 e. The molecule has 1 aromatic carbocycles. The van der Waals surface area contributed by atoms with Crippen LogP contribution >= 0.6 is 0 Å².